The van der Waals surface area contributed by atoms with Gasteiger partial charge in [0.15, 0.2) is 0 Å². The monoisotopic (exact) mass is 358 g/mol. The molecule has 1 atom stereocenters. The van der Waals surface area contributed by atoms with Gasteiger partial charge in [-0.05, 0) is 30.0 Å². The van der Waals surface area contributed by atoms with Gasteiger partial charge in [0, 0.05) is 5.02 Å². The van der Waals surface area contributed by atoms with Gasteiger partial charge in [0.05, 0.1) is 8.07 Å². The summed E-state index contributed by atoms with van der Waals surface area (Å²) in [7, 11) is -0.662. The van der Waals surface area contributed by atoms with Gasteiger partial charge in [0.1, 0.15) is 9.52 Å². The van der Waals surface area contributed by atoms with E-state index in [1.165, 1.54) is 26.7 Å². The molecule has 23 heavy (non-hydrogen) atoms. The average Bonchev–Trinajstić information content (AvgIpc) is 2.47. The summed E-state index contributed by atoms with van der Waals surface area (Å²) in [6.45, 7) is 13.9. The lowest BCUT2D eigenvalue weighted by Crippen LogP contribution is -2.41. The van der Waals surface area contributed by atoms with E-state index in [0.29, 0.717) is 15.4 Å². The lowest BCUT2D eigenvalue weighted by molar-refractivity contribution is 0.734. The molecular weight excluding hydrogens is 332 g/mol. The third-order valence-corrected chi connectivity index (χ3v) is 8.26. The minimum atomic E-state index is -1.29. The van der Waals surface area contributed by atoms with E-state index in [-0.39, 0.29) is 0 Å². The van der Waals surface area contributed by atoms with Gasteiger partial charge in [-0.1, -0.05) is 97.4 Å². The Labute approximate surface area is 150 Å². The van der Waals surface area contributed by atoms with Crippen molar-refractivity contribution in [3.05, 3.63) is 52.5 Å². The van der Waals surface area contributed by atoms with E-state index >= 15 is 0 Å². The quantitative estimate of drug-likeness (QED) is 0.696. The first-order valence-corrected chi connectivity index (χ1v) is 13.3. The van der Waals surface area contributed by atoms with Crippen LogP contribution in [0.25, 0.3) is 0 Å². The molecule has 0 saturated heterocycles. The zero-order valence-corrected chi connectivity index (χ0v) is 17.9. The summed E-state index contributed by atoms with van der Waals surface area (Å²) in [6.07, 6.45) is 1.12. The van der Waals surface area contributed by atoms with Crippen LogP contribution in [-0.4, -0.2) is 17.6 Å². The molecule has 0 amide bonds. The van der Waals surface area contributed by atoms with Crippen molar-refractivity contribution in [3.8, 4) is 0 Å². The highest BCUT2D eigenvalue weighted by molar-refractivity contribution is 6.89. The Kier molecular flexibility index (Phi) is 5.93. The van der Waals surface area contributed by atoms with Crippen molar-refractivity contribution in [2.75, 3.05) is 0 Å². The van der Waals surface area contributed by atoms with Crippen LogP contribution in [0.5, 0.6) is 0 Å². The first-order chi connectivity index (χ1) is 10.7. The number of hydrogen-bond acceptors (Lipinski definition) is 0. The van der Waals surface area contributed by atoms with Crippen molar-refractivity contribution in [1.82, 2.24) is 0 Å². The molecule has 0 spiro atoms. The summed E-state index contributed by atoms with van der Waals surface area (Å²) in [4.78, 5) is 0. The van der Waals surface area contributed by atoms with E-state index in [0.717, 1.165) is 11.4 Å². The Balaban J connectivity index is 2.38. The first-order valence-electron chi connectivity index (χ1n) is 8.40. The van der Waals surface area contributed by atoms with Gasteiger partial charge in [0.25, 0.3) is 0 Å². The molecule has 0 nitrogen and oxygen atoms in total. The maximum absolute atomic E-state index is 6.72. The summed E-state index contributed by atoms with van der Waals surface area (Å²) in [6, 6.07) is 13.6. The molecule has 0 fully saturated rings. The molecule has 0 saturated carbocycles. The Bertz CT molecular complexity index is 687. The van der Waals surface area contributed by atoms with Gasteiger partial charge in [-0.15, -0.1) is 0 Å². The van der Waals surface area contributed by atoms with Crippen molar-refractivity contribution >= 4 is 44.8 Å². The Morgan fingerprint density at radius 1 is 1.13 bits per heavy atom. The molecule has 0 N–H and O–H groups in total. The number of benzene rings is 2. The van der Waals surface area contributed by atoms with Crippen LogP contribution in [0.15, 0.2) is 36.4 Å². The largest absolute Gasteiger partial charge is 0.123 e. The molecule has 2 aromatic rings. The average molecular weight is 359 g/mol. The molecule has 2 radical (unpaired) electrons. The van der Waals surface area contributed by atoms with Crippen molar-refractivity contribution in [2.24, 2.45) is 0 Å². The van der Waals surface area contributed by atoms with Gasteiger partial charge < -0.3 is 0 Å². The second-order valence-electron chi connectivity index (χ2n) is 7.48. The molecule has 0 aromatic heterocycles. The van der Waals surface area contributed by atoms with Crippen LogP contribution >= 0.6 is 11.6 Å². The van der Waals surface area contributed by atoms with E-state index in [1.807, 2.05) is 0 Å². The van der Waals surface area contributed by atoms with E-state index in [2.05, 4.69) is 76.8 Å². The lowest BCUT2D eigenvalue weighted by atomic mass is 9.99. The fourth-order valence-corrected chi connectivity index (χ4v) is 5.81. The predicted molar refractivity (Wildman–Crippen MR) is 109 cm³/mol. The standard InChI is InChI=1S/C20H27ClSi2/c1-7-15(3)18-9-8-10-19(20(18)21)22-16-11-14(2)12-17(13-16)23(4,5)6/h8-13,15H,7H2,1-6H3. The maximum atomic E-state index is 6.72. The molecule has 0 heterocycles. The van der Waals surface area contributed by atoms with Crippen molar-refractivity contribution in [2.45, 2.75) is 52.8 Å². The minimum Gasteiger partial charge on any atom is -0.0842 e. The third-order valence-electron chi connectivity index (χ3n) is 4.39. The van der Waals surface area contributed by atoms with Crippen LogP contribution in [0.1, 0.15) is 37.3 Å². The molecule has 0 aliphatic heterocycles. The highest BCUT2D eigenvalue weighted by Crippen LogP contribution is 2.24. The minimum absolute atomic E-state index is 0.516. The van der Waals surface area contributed by atoms with E-state index in [1.54, 1.807) is 0 Å². The molecule has 1 unspecified atom stereocenters. The molecule has 122 valence electrons. The van der Waals surface area contributed by atoms with Gasteiger partial charge in [-0.3, -0.25) is 0 Å². The molecule has 2 rings (SSSR count). The SMILES string of the molecule is CCC(C)c1cccc([Si]c2cc(C)cc([Si](C)(C)C)c2)c1Cl. The van der Waals surface area contributed by atoms with Gasteiger partial charge in [-0.2, -0.15) is 0 Å². The van der Waals surface area contributed by atoms with E-state index < -0.39 is 8.07 Å². The fraction of sp³-hybridized carbons (Fsp3) is 0.400. The fourth-order valence-electron chi connectivity index (χ4n) is 2.69. The predicted octanol–water partition coefficient (Wildman–Crippen LogP) is 4.36. The second-order valence-corrected chi connectivity index (χ2v) is 14.3. The molecule has 0 bridgehead atoms. The molecule has 2 aromatic carbocycles. The van der Waals surface area contributed by atoms with Crippen LogP contribution in [0.2, 0.25) is 24.7 Å². The van der Waals surface area contributed by atoms with Gasteiger partial charge >= 0.3 is 0 Å². The van der Waals surface area contributed by atoms with Gasteiger partial charge in [-0.25, -0.2) is 0 Å². The lowest BCUT2D eigenvalue weighted by Gasteiger charge is -2.19. The maximum Gasteiger partial charge on any atom is 0.123 e. The van der Waals surface area contributed by atoms with Crippen molar-refractivity contribution in [3.63, 3.8) is 0 Å². The third kappa shape index (κ3) is 4.59. The number of hydrogen-bond donors (Lipinski definition) is 0. The molecule has 3 heteroatoms. The van der Waals surface area contributed by atoms with Crippen molar-refractivity contribution < 1.29 is 0 Å². The Hall–Kier alpha value is -0.836. The summed E-state index contributed by atoms with van der Waals surface area (Å²) in [5.41, 5.74) is 2.65. The molecule has 0 aliphatic rings. The second kappa shape index (κ2) is 7.37. The summed E-state index contributed by atoms with van der Waals surface area (Å²) in [5.74, 6) is 0.516. The number of aryl methyl sites for hydroxylation is 1. The first kappa shape index (κ1) is 18.5. The zero-order chi connectivity index (χ0) is 17.2. The summed E-state index contributed by atoms with van der Waals surface area (Å²) >= 11 is 6.72. The van der Waals surface area contributed by atoms with Crippen LogP contribution in [0.4, 0.5) is 0 Å². The van der Waals surface area contributed by atoms with E-state index in [4.69, 9.17) is 11.6 Å². The van der Waals surface area contributed by atoms with Gasteiger partial charge in [0.2, 0.25) is 0 Å². The highest BCUT2D eigenvalue weighted by Gasteiger charge is 2.18. The van der Waals surface area contributed by atoms with Crippen LogP contribution in [-0.2, 0) is 0 Å². The Morgan fingerprint density at radius 2 is 1.83 bits per heavy atom. The van der Waals surface area contributed by atoms with Crippen molar-refractivity contribution in [1.29, 1.82) is 0 Å². The number of halogens is 1. The summed E-state index contributed by atoms with van der Waals surface area (Å²) < 4.78 is 0. The summed E-state index contributed by atoms with van der Waals surface area (Å²) in [5, 5.41) is 5.19. The van der Waals surface area contributed by atoms with E-state index in [9.17, 15) is 0 Å². The topological polar surface area (TPSA) is 0 Å². The van der Waals surface area contributed by atoms with Crippen LogP contribution < -0.4 is 15.6 Å². The Morgan fingerprint density at radius 3 is 2.43 bits per heavy atom. The smallest absolute Gasteiger partial charge is 0.0842 e. The normalized spacial score (nSPS) is 13.2. The molecular formula is C20H27ClSi2. The van der Waals surface area contributed by atoms with Crippen LogP contribution in [0.3, 0.4) is 0 Å². The zero-order valence-electron chi connectivity index (χ0n) is 15.1. The highest BCUT2D eigenvalue weighted by atomic mass is 35.5. The van der Waals surface area contributed by atoms with Crippen LogP contribution in [0, 0.1) is 6.92 Å². The number of rotatable bonds is 5. The molecule has 0 aliphatic carbocycles.